The number of hydrogen-bond donors (Lipinski definition) is 0. The third-order valence-corrected chi connectivity index (χ3v) is 10.1. The number of rotatable bonds is 6. The van der Waals surface area contributed by atoms with E-state index >= 15 is 0 Å². The summed E-state index contributed by atoms with van der Waals surface area (Å²) in [6, 6.07) is 68.7. The summed E-state index contributed by atoms with van der Waals surface area (Å²) in [5, 5.41) is 2.49. The van der Waals surface area contributed by atoms with Crippen molar-refractivity contribution >= 4 is 32.9 Å². The molecule has 0 unspecified atom stereocenters. The largest absolute Gasteiger partial charge is 0.435 e. The molecule has 10 aromatic rings. The number of para-hydroxylation sites is 3. The highest BCUT2D eigenvalue weighted by Crippen LogP contribution is 2.41. The first-order valence-corrected chi connectivity index (χ1v) is 17.6. The van der Waals surface area contributed by atoms with Crippen LogP contribution in [0.4, 0.5) is 0 Å². The van der Waals surface area contributed by atoms with Crippen molar-refractivity contribution in [2.24, 2.45) is 0 Å². The Morgan fingerprint density at radius 1 is 0.365 bits per heavy atom. The monoisotopic (exact) mass is 664 g/mol. The summed E-state index contributed by atoms with van der Waals surface area (Å²) < 4.78 is 8.78. The molecule has 0 amide bonds. The summed E-state index contributed by atoms with van der Waals surface area (Å²) in [7, 11) is 0. The van der Waals surface area contributed by atoms with Crippen molar-refractivity contribution in [1.82, 2.24) is 9.55 Å². The summed E-state index contributed by atoms with van der Waals surface area (Å²) in [6.07, 6.45) is 0. The van der Waals surface area contributed by atoms with Crippen molar-refractivity contribution in [2.75, 3.05) is 0 Å². The Morgan fingerprint density at radius 2 is 0.904 bits per heavy atom. The van der Waals surface area contributed by atoms with Crippen molar-refractivity contribution in [1.29, 1.82) is 0 Å². The Hall–Kier alpha value is -6.97. The van der Waals surface area contributed by atoms with E-state index in [0.29, 0.717) is 5.89 Å². The smallest absolute Gasteiger partial charge is 0.227 e. The van der Waals surface area contributed by atoms with Gasteiger partial charge >= 0.3 is 0 Å². The van der Waals surface area contributed by atoms with Crippen LogP contribution in [-0.2, 0) is 0 Å². The molecule has 3 nitrogen and oxygen atoms in total. The van der Waals surface area contributed by atoms with Crippen molar-refractivity contribution in [3.8, 4) is 61.6 Å². The first-order valence-electron chi connectivity index (χ1n) is 17.6. The maximum atomic E-state index is 6.41. The first-order chi connectivity index (χ1) is 25.8. The predicted molar refractivity (Wildman–Crippen MR) is 216 cm³/mol. The van der Waals surface area contributed by atoms with Gasteiger partial charge in [0.25, 0.3) is 0 Å². The van der Waals surface area contributed by atoms with Gasteiger partial charge in [0.2, 0.25) is 5.89 Å². The summed E-state index contributed by atoms with van der Waals surface area (Å²) in [5.74, 6) is 0.618. The van der Waals surface area contributed by atoms with E-state index < -0.39 is 0 Å². The molecule has 0 radical (unpaired) electrons. The normalized spacial score (nSPS) is 11.5. The fraction of sp³-hybridized carbons (Fsp3) is 0. The van der Waals surface area contributed by atoms with E-state index in [-0.39, 0.29) is 0 Å². The Kier molecular flexibility index (Phi) is 7.14. The second-order valence-electron chi connectivity index (χ2n) is 13.1. The summed E-state index contributed by atoms with van der Waals surface area (Å²) in [4.78, 5) is 4.87. The fourth-order valence-electron chi connectivity index (χ4n) is 7.65. The number of benzene rings is 8. The molecule has 0 saturated carbocycles. The van der Waals surface area contributed by atoms with Crippen molar-refractivity contribution in [3.05, 3.63) is 194 Å². The van der Waals surface area contributed by atoms with Crippen LogP contribution >= 0.6 is 0 Å². The SMILES string of the molecule is c1ccc(-c2cccc3nc(-c4ccc(-c5ccccc5-c5ccccc5-c5ccc6c(c5)c5ccccc5n6-c5ccccc5)cc4)oc23)cc1. The number of nitrogens with zero attached hydrogens (tertiary/aromatic N) is 2. The Balaban J connectivity index is 1.04. The zero-order chi connectivity index (χ0) is 34.4. The third-order valence-electron chi connectivity index (χ3n) is 10.1. The summed E-state index contributed by atoms with van der Waals surface area (Å²) in [5.41, 5.74) is 15.4. The highest BCUT2D eigenvalue weighted by molar-refractivity contribution is 6.11. The van der Waals surface area contributed by atoms with Crippen LogP contribution in [0.1, 0.15) is 0 Å². The van der Waals surface area contributed by atoms with Gasteiger partial charge in [-0.3, -0.25) is 0 Å². The van der Waals surface area contributed by atoms with Gasteiger partial charge in [0, 0.05) is 27.6 Å². The molecular weight excluding hydrogens is 633 g/mol. The Bertz CT molecular complexity index is 2880. The third kappa shape index (κ3) is 5.02. The average molecular weight is 665 g/mol. The van der Waals surface area contributed by atoms with E-state index in [2.05, 4.69) is 168 Å². The van der Waals surface area contributed by atoms with Crippen LogP contribution in [0.15, 0.2) is 199 Å². The molecule has 2 heterocycles. The van der Waals surface area contributed by atoms with E-state index in [4.69, 9.17) is 9.40 Å². The second-order valence-corrected chi connectivity index (χ2v) is 13.1. The molecule has 0 N–H and O–H groups in total. The topological polar surface area (TPSA) is 31.0 Å². The van der Waals surface area contributed by atoms with E-state index in [9.17, 15) is 0 Å². The minimum absolute atomic E-state index is 0.618. The molecular formula is C49H32N2O. The van der Waals surface area contributed by atoms with Gasteiger partial charge in [-0.05, 0) is 87.5 Å². The Labute approximate surface area is 301 Å². The molecule has 0 bridgehead atoms. The number of fused-ring (bicyclic) bond motifs is 4. The standard InChI is InChI=1S/C49H32N2O/c1-3-14-33(15-4-1)40-23-13-24-45-48(40)52-49(50-45)35-28-26-34(27-29-35)38-18-7-9-20-41(38)42-21-10-8-19-39(42)36-30-31-47-44(32-36)43-22-11-12-25-46(43)51(47)37-16-5-2-6-17-37/h1-32H. The molecule has 0 aliphatic heterocycles. The minimum atomic E-state index is 0.618. The van der Waals surface area contributed by atoms with E-state index in [1.165, 1.54) is 49.6 Å². The zero-order valence-corrected chi connectivity index (χ0v) is 28.3. The molecule has 0 spiro atoms. The number of aromatic nitrogens is 2. The minimum Gasteiger partial charge on any atom is -0.435 e. The van der Waals surface area contributed by atoms with Crippen LogP contribution in [0.25, 0.3) is 94.6 Å². The first kappa shape index (κ1) is 29.9. The van der Waals surface area contributed by atoms with Gasteiger partial charge in [-0.1, -0.05) is 146 Å². The van der Waals surface area contributed by atoms with Gasteiger partial charge < -0.3 is 8.98 Å². The van der Waals surface area contributed by atoms with Crippen LogP contribution in [0.2, 0.25) is 0 Å². The quantitative estimate of drug-likeness (QED) is 0.177. The lowest BCUT2D eigenvalue weighted by Crippen LogP contribution is -1.93. The van der Waals surface area contributed by atoms with Gasteiger partial charge in [-0.2, -0.15) is 0 Å². The Morgan fingerprint density at radius 3 is 1.65 bits per heavy atom. The molecule has 0 aliphatic rings. The average Bonchev–Trinajstić information content (AvgIpc) is 3.81. The lowest BCUT2D eigenvalue weighted by molar-refractivity contribution is 0.621. The van der Waals surface area contributed by atoms with Gasteiger partial charge in [-0.25, -0.2) is 4.98 Å². The van der Waals surface area contributed by atoms with E-state index in [1.807, 2.05) is 30.3 Å². The molecule has 2 aromatic heterocycles. The molecule has 52 heavy (non-hydrogen) atoms. The van der Waals surface area contributed by atoms with Crippen LogP contribution in [0.3, 0.4) is 0 Å². The number of oxazole rings is 1. The fourth-order valence-corrected chi connectivity index (χ4v) is 7.65. The van der Waals surface area contributed by atoms with Gasteiger partial charge in [-0.15, -0.1) is 0 Å². The highest BCUT2D eigenvalue weighted by Gasteiger charge is 2.17. The van der Waals surface area contributed by atoms with E-state index in [1.54, 1.807) is 0 Å². The molecule has 244 valence electrons. The zero-order valence-electron chi connectivity index (χ0n) is 28.3. The molecule has 8 aromatic carbocycles. The molecule has 0 fully saturated rings. The van der Waals surface area contributed by atoms with Gasteiger partial charge in [0.15, 0.2) is 5.58 Å². The highest BCUT2D eigenvalue weighted by atomic mass is 16.3. The van der Waals surface area contributed by atoms with Gasteiger partial charge in [0.05, 0.1) is 11.0 Å². The predicted octanol–water partition coefficient (Wildman–Crippen LogP) is 13.3. The maximum absolute atomic E-state index is 6.41. The number of hydrogen-bond acceptors (Lipinski definition) is 2. The van der Waals surface area contributed by atoms with Gasteiger partial charge in [0.1, 0.15) is 5.52 Å². The summed E-state index contributed by atoms with van der Waals surface area (Å²) >= 11 is 0. The van der Waals surface area contributed by atoms with Crippen LogP contribution in [0, 0.1) is 0 Å². The molecule has 0 saturated heterocycles. The lowest BCUT2D eigenvalue weighted by Gasteiger charge is -2.15. The van der Waals surface area contributed by atoms with Crippen LogP contribution in [0.5, 0.6) is 0 Å². The molecule has 0 atom stereocenters. The molecule has 10 rings (SSSR count). The second kappa shape index (κ2) is 12.4. The molecule has 3 heteroatoms. The lowest BCUT2D eigenvalue weighted by atomic mass is 9.89. The van der Waals surface area contributed by atoms with Crippen LogP contribution in [-0.4, -0.2) is 9.55 Å². The van der Waals surface area contributed by atoms with Crippen molar-refractivity contribution in [2.45, 2.75) is 0 Å². The van der Waals surface area contributed by atoms with Crippen LogP contribution < -0.4 is 0 Å². The molecule has 0 aliphatic carbocycles. The van der Waals surface area contributed by atoms with Crippen molar-refractivity contribution < 1.29 is 4.42 Å². The summed E-state index contributed by atoms with van der Waals surface area (Å²) in [6.45, 7) is 0. The maximum Gasteiger partial charge on any atom is 0.227 e. The van der Waals surface area contributed by atoms with E-state index in [0.717, 1.165) is 39.0 Å². The van der Waals surface area contributed by atoms with Crippen molar-refractivity contribution in [3.63, 3.8) is 0 Å².